The van der Waals surface area contributed by atoms with Gasteiger partial charge in [0.2, 0.25) is 0 Å². The number of urea groups is 1. The molecule has 1 aromatic carbocycles. The van der Waals surface area contributed by atoms with Gasteiger partial charge in [0.05, 0.1) is 0 Å². The Morgan fingerprint density at radius 2 is 2.07 bits per heavy atom. The third-order valence-corrected chi connectivity index (χ3v) is 2.10. The summed E-state index contributed by atoms with van der Waals surface area (Å²) in [7, 11) is 0. The van der Waals surface area contributed by atoms with E-state index in [1.165, 1.54) is 0 Å². The zero-order valence-corrected chi connectivity index (χ0v) is 8.71. The topological polar surface area (TPSA) is 41.1 Å². The average Bonchev–Trinajstić information content (AvgIpc) is 2.19. The first-order valence-electron chi connectivity index (χ1n) is 4.49. The van der Waals surface area contributed by atoms with Crippen LogP contribution in [0, 0.1) is 0 Å². The number of halogens is 1. The molecule has 0 heterocycles. The summed E-state index contributed by atoms with van der Waals surface area (Å²) >= 11 is 5.75. The molecule has 2 amide bonds. The van der Waals surface area contributed by atoms with Crippen molar-refractivity contribution >= 4 is 23.3 Å². The molecule has 1 atom stereocenters. The largest absolute Gasteiger partial charge is 0.322 e. The standard InChI is InChI=1S/C10H13ClN2O/c1-2-9(11)13-10(14)12-8-6-4-3-5-7-8/h3-7,9H,2H2,1H3,(H2,12,13,14). The zero-order chi connectivity index (χ0) is 10.4. The first kappa shape index (κ1) is 10.9. The highest BCUT2D eigenvalue weighted by Crippen LogP contribution is 2.05. The van der Waals surface area contributed by atoms with Gasteiger partial charge < -0.3 is 10.6 Å². The van der Waals surface area contributed by atoms with E-state index in [4.69, 9.17) is 11.6 Å². The van der Waals surface area contributed by atoms with Crippen LogP contribution < -0.4 is 10.6 Å². The molecular formula is C10H13ClN2O. The minimum absolute atomic E-state index is 0.280. The number of hydrogen-bond donors (Lipinski definition) is 2. The second kappa shape index (κ2) is 5.50. The first-order chi connectivity index (χ1) is 6.72. The van der Waals surface area contributed by atoms with Crippen molar-refractivity contribution in [2.45, 2.75) is 18.8 Å². The van der Waals surface area contributed by atoms with Crippen molar-refractivity contribution in [1.82, 2.24) is 5.32 Å². The number of hydrogen-bond acceptors (Lipinski definition) is 1. The zero-order valence-electron chi connectivity index (χ0n) is 7.96. The molecule has 0 saturated heterocycles. The molecule has 4 heteroatoms. The Labute approximate surface area is 88.5 Å². The lowest BCUT2D eigenvalue weighted by Crippen LogP contribution is -2.34. The number of nitrogens with one attached hydrogen (secondary N) is 2. The molecule has 76 valence electrons. The summed E-state index contributed by atoms with van der Waals surface area (Å²) in [5.41, 5.74) is 0.434. The van der Waals surface area contributed by atoms with Gasteiger partial charge >= 0.3 is 6.03 Å². The van der Waals surface area contributed by atoms with Crippen molar-refractivity contribution in [2.75, 3.05) is 5.32 Å². The lowest BCUT2D eigenvalue weighted by molar-refractivity contribution is 0.251. The minimum Gasteiger partial charge on any atom is -0.322 e. The predicted molar refractivity (Wildman–Crippen MR) is 58.5 cm³/mol. The number of rotatable bonds is 3. The van der Waals surface area contributed by atoms with Gasteiger partial charge in [-0.2, -0.15) is 0 Å². The van der Waals surface area contributed by atoms with E-state index in [1.54, 1.807) is 0 Å². The fourth-order valence-electron chi connectivity index (χ4n) is 0.933. The third kappa shape index (κ3) is 3.66. The lowest BCUT2D eigenvalue weighted by Gasteiger charge is -2.10. The Kier molecular flexibility index (Phi) is 4.26. The smallest absolute Gasteiger partial charge is 0.320 e. The van der Waals surface area contributed by atoms with Gasteiger partial charge in [0.25, 0.3) is 0 Å². The van der Waals surface area contributed by atoms with Crippen LogP contribution in [0.5, 0.6) is 0 Å². The fourth-order valence-corrected chi connectivity index (χ4v) is 1.03. The molecule has 14 heavy (non-hydrogen) atoms. The molecule has 0 bridgehead atoms. The molecule has 0 aliphatic rings. The number of carbonyl (C=O) groups excluding carboxylic acids is 1. The molecular weight excluding hydrogens is 200 g/mol. The maximum absolute atomic E-state index is 11.3. The van der Waals surface area contributed by atoms with Crippen molar-refractivity contribution in [3.05, 3.63) is 30.3 Å². The molecule has 0 saturated carbocycles. The van der Waals surface area contributed by atoms with E-state index in [9.17, 15) is 4.79 Å². The number of carbonyl (C=O) groups is 1. The molecule has 0 aromatic heterocycles. The number of benzene rings is 1. The Bertz CT molecular complexity index is 289. The molecule has 0 fully saturated rings. The summed E-state index contributed by atoms with van der Waals surface area (Å²) in [5, 5.41) is 5.27. The number of alkyl halides is 1. The highest BCUT2D eigenvalue weighted by molar-refractivity contribution is 6.21. The van der Waals surface area contributed by atoms with E-state index in [0.29, 0.717) is 6.42 Å². The molecule has 1 rings (SSSR count). The van der Waals surface area contributed by atoms with E-state index >= 15 is 0 Å². The van der Waals surface area contributed by atoms with E-state index in [1.807, 2.05) is 37.3 Å². The summed E-state index contributed by atoms with van der Waals surface area (Å²) in [6, 6.07) is 8.95. The molecule has 2 N–H and O–H groups in total. The van der Waals surface area contributed by atoms with Gasteiger partial charge in [-0.05, 0) is 18.6 Å². The van der Waals surface area contributed by atoms with Crippen LogP contribution in [0.3, 0.4) is 0 Å². The summed E-state index contributed by atoms with van der Waals surface area (Å²) in [6.45, 7) is 1.90. The van der Waals surface area contributed by atoms with Crippen LogP contribution in [0.2, 0.25) is 0 Å². The second-order valence-electron chi connectivity index (χ2n) is 2.84. The van der Waals surface area contributed by atoms with Gasteiger partial charge in [-0.3, -0.25) is 0 Å². The summed E-state index contributed by atoms with van der Waals surface area (Å²) in [4.78, 5) is 11.3. The molecule has 0 radical (unpaired) electrons. The van der Waals surface area contributed by atoms with Crippen LogP contribution in [-0.2, 0) is 0 Å². The molecule has 3 nitrogen and oxygen atoms in total. The monoisotopic (exact) mass is 212 g/mol. The summed E-state index contributed by atoms with van der Waals surface area (Å²) < 4.78 is 0. The normalized spacial score (nSPS) is 11.9. The summed E-state index contributed by atoms with van der Waals surface area (Å²) in [6.07, 6.45) is 0.698. The van der Waals surface area contributed by atoms with E-state index in [2.05, 4.69) is 10.6 Å². The minimum atomic E-state index is -0.321. The molecule has 0 aliphatic heterocycles. The van der Waals surface area contributed by atoms with Gasteiger partial charge in [0, 0.05) is 5.69 Å². The van der Waals surface area contributed by atoms with E-state index in [-0.39, 0.29) is 11.5 Å². The fraction of sp³-hybridized carbons (Fsp3) is 0.300. The van der Waals surface area contributed by atoms with Crippen LogP contribution >= 0.6 is 11.6 Å². The van der Waals surface area contributed by atoms with Gasteiger partial charge in [-0.1, -0.05) is 36.7 Å². The van der Waals surface area contributed by atoms with Gasteiger partial charge in [-0.25, -0.2) is 4.79 Å². The van der Waals surface area contributed by atoms with Gasteiger partial charge in [0.15, 0.2) is 0 Å². The predicted octanol–water partition coefficient (Wildman–Crippen LogP) is 2.78. The van der Waals surface area contributed by atoms with Crippen LogP contribution in [-0.4, -0.2) is 11.5 Å². The number of para-hydroxylation sites is 1. The molecule has 1 unspecified atom stereocenters. The summed E-state index contributed by atoms with van der Waals surface area (Å²) in [5.74, 6) is 0. The Morgan fingerprint density at radius 3 is 2.64 bits per heavy atom. The highest BCUT2D eigenvalue weighted by atomic mass is 35.5. The van der Waals surface area contributed by atoms with E-state index in [0.717, 1.165) is 5.69 Å². The Balaban J connectivity index is 2.42. The molecule has 0 aliphatic carbocycles. The van der Waals surface area contributed by atoms with Crippen molar-refractivity contribution in [1.29, 1.82) is 0 Å². The maximum Gasteiger partial charge on any atom is 0.320 e. The lowest BCUT2D eigenvalue weighted by atomic mass is 10.3. The maximum atomic E-state index is 11.3. The van der Waals surface area contributed by atoms with Crippen LogP contribution in [0.15, 0.2) is 30.3 Å². The Hall–Kier alpha value is -1.22. The van der Waals surface area contributed by atoms with Crippen LogP contribution in [0.4, 0.5) is 10.5 Å². The van der Waals surface area contributed by atoms with Crippen molar-refractivity contribution in [2.24, 2.45) is 0 Å². The first-order valence-corrected chi connectivity index (χ1v) is 4.92. The SMILES string of the molecule is CCC(Cl)NC(=O)Nc1ccccc1. The molecule has 0 spiro atoms. The Morgan fingerprint density at radius 1 is 1.43 bits per heavy atom. The number of anilines is 1. The van der Waals surface area contributed by atoms with Crippen molar-refractivity contribution in [3.8, 4) is 0 Å². The van der Waals surface area contributed by atoms with E-state index < -0.39 is 0 Å². The second-order valence-corrected chi connectivity index (χ2v) is 3.37. The van der Waals surface area contributed by atoms with Crippen molar-refractivity contribution in [3.63, 3.8) is 0 Å². The molecule has 1 aromatic rings. The quantitative estimate of drug-likeness (QED) is 0.587. The number of amides is 2. The highest BCUT2D eigenvalue weighted by Gasteiger charge is 2.05. The van der Waals surface area contributed by atoms with Crippen LogP contribution in [0.25, 0.3) is 0 Å². The van der Waals surface area contributed by atoms with Gasteiger partial charge in [-0.15, -0.1) is 0 Å². The van der Waals surface area contributed by atoms with Gasteiger partial charge in [0.1, 0.15) is 5.50 Å². The average molecular weight is 213 g/mol. The third-order valence-electron chi connectivity index (χ3n) is 1.68. The van der Waals surface area contributed by atoms with Crippen LogP contribution in [0.1, 0.15) is 13.3 Å². The van der Waals surface area contributed by atoms with Crippen molar-refractivity contribution < 1.29 is 4.79 Å².